The molecule has 2 atom stereocenters. The number of carbonyl (C=O) groups excluding carboxylic acids is 1. The van der Waals surface area contributed by atoms with Gasteiger partial charge in [-0.3, -0.25) is 4.98 Å². The van der Waals surface area contributed by atoms with Gasteiger partial charge in [-0.15, -0.1) is 0 Å². The number of nitrogens with zero attached hydrogens (tertiary/aromatic N) is 2. The zero-order valence-corrected chi connectivity index (χ0v) is 10.8. The quantitative estimate of drug-likeness (QED) is 0.795. The van der Waals surface area contributed by atoms with Gasteiger partial charge in [-0.2, -0.15) is 0 Å². The highest BCUT2D eigenvalue weighted by Crippen LogP contribution is 2.18. The summed E-state index contributed by atoms with van der Waals surface area (Å²) >= 11 is 0. The van der Waals surface area contributed by atoms with Gasteiger partial charge in [0.1, 0.15) is 0 Å². The first-order valence-corrected chi connectivity index (χ1v) is 6.22. The maximum Gasteiger partial charge on any atom is 0.321 e. The topological polar surface area (TPSA) is 65.5 Å². The van der Waals surface area contributed by atoms with Gasteiger partial charge in [0.05, 0.1) is 6.10 Å². The Balaban J connectivity index is 1.99. The summed E-state index contributed by atoms with van der Waals surface area (Å²) < 4.78 is 0. The van der Waals surface area contributed by atoms with Crippen molar-refractivity contribution in [2.45, 2.75) is 26.4 Å². The van der Waals surface area contributed by atoms with Crippen molar-refractivity contribution in [3.63, 3.8) is 0 Å². The van der Waals surface area contributed by atoms with Crippen molar-refractivity contribution in [1.82, 2.24) is 9.88 Å². The fourth-order valence-corrected chi connectivity index (χ4v) is 2.04. The lowest BCUT2D eigenvalue weighted by molar-refractivity contribution is 0.0464. The van der Waals surface area contributed by atoms with Gasteiger partial charge in [0.2, 0.25) is 0 Å². The van der Waals surface area contributed by atoms with E-state index in [-0.39, 0.29) is 11.9 Å². The Hall–Kier alpha value is -1.62. The molecule has 1 aliphatic rings. The second kappa shape index (κ2) is 5.35. The molecule has 0 saturated carbocycles. The van der Waals surface area contributed by atoms with Gasteiger partial charge in [0.25, 0.3) is 0 Å². The predicted octanol–water partition coefficient (Wildman–Crippen LogP) is 1.62. The largest absolute Gasteiger partial charge is 0.391 e. The molecule has 0 radical (unpaired) electrons. The van der Waals surface area contributed by atoms with Gasteiger partial charge in [0.15, 0.2) is 0 Å². The minimum Gasteiger partial charge on any atom is -0.391 e. The molecule has 0 bridgehead atoms. The number of amides is 2. The fraction of sp³-hybridized carbons (Fsp3) is 0.538. The molecule has 5 heteroatoms. The van der Waals surface area contributed by atoms with Crippen LogP contribution in [0.5, 0.6) is 0 Å². The van der Waals surface area contributed by atoms with E-state index >= 15 is 0 Å². The predicted molar refractivity (Wildman–Crippen MR) is 69.4 cm³/mol. The number of aromatic nitrogens is 1. The number of aryl methyl sites for hydroxylation is 1. The number of aliphatic hydroxyl groups is 1. The molecule has 1 aromatic heterocycles. The van der Waals surface area contributed by atoms with Crippen molar-refractivity contribution in [3.8, 4) is 0 Å². The maximum absolute atomic E-state index is 12.1. The van der Waals surface area contributed by atoms with Crippen LogP contribution in [0.3, 0.4) is 0 Å². The number of carbonyl (C=O) groups is 1. The van der Waals surface area contributed by atoms with E-state index in [9.17, 15) is 9.90 Å². The van der Waals surface area contributed by atoms with Gasteiger partial charge < -0.3 is 15.3 Å². The standard InChI is InChI=1S/C13H19N3O2/c1-9-4-6-16(8-12(9)17)13(18)15-11-3-5-14-7-10(11)2/h3,5,7,9,12,17H,4,6,8H2,1-2H3,(H,14,15,18). The third kappa shape index (κ3) is 2.79. The van der Waals surface area contributed by atoms with Crippen LogP contribution in [0.25, 0.3) is 0 Å². The average molecular weight is 249 g/mol. The van der Waals surface area contributed by atoms with E-state index in [4.69, 9.17) is 0 Å². The van der Waals surface area contributed by atoms with Crippen LogP contribution in [0.1, 0.15) is 18.9 Å². The Bertz CT molecular complexity index is 436. The third-order valence-corrected chi connectivity index (χ3v) is 3.47. The van der Waals surface area contributed by atoms with E-state index in [2.05, 4.69) is 10.3 Å². The first-order chi connectivity index (χ1) is 8.58. The summed E-state index contributed by atoms with van der Waals surface area (Å²) in [5, 5.41) is 12.6. The molecule has 2 heterocycles. The van der Waals surface area contributed by atoms with E-state index in [0.29, 0.717) is 13.1 Å². The first kappa shape index (κ1) is 12.8. The zero-order chi connectivity index (χ0) is 13.1. The summed E-state index contributed by atoms with van der Waals surface area (Å²) in [6.07, 6.45) is 3.77. The molecule has 2 rings (SSSR count). The van der Waals surface area contributed by atoms with E-state index in [1.54, 1.807) is 23.4 Å². The number of nitrogens with one attached hydrogen (secondary N) is 1. The van der Waals surface area contributed by atoms with Crippen molar-refractivity contribution in [3.05, 3.63) is 24.0 Å². The lowest BCUT2D eigenvalue weighted by Crippen LogP contribution is -2.47. The minimum absolute atomic E-state index is 0.157. The average Bonchev–Trinajstić information content (AvgIpc) is 2.35. The van der Waals surface area contributed by atoms with Crippen molar-refractivity contribution in [2.75, 3.05) is 18.4 Å². The normalized spacial score (nSPS) is 23.8. The molecular weight excluding hydrogens is 230 g/mol. The number of likely N-dealkylation sites (tertiary alicyclic amines) is 1. The highest BCUT2D eigenvalue weighted by molar-refractivity contribution is 5.90. The Kier molecular flexibility index (Phi) is 3.81. The van der Waals surface area contributed by atoms with E-state index in [1.165, 1.54) is 0 Å². The summed E-state index contributed by atoms with van der Waals surface area (Å²) in [5.74, 6) is 0.261. The summed E-state index contributed by atoms with van der Waals surface area (Å²) in [5.41, 5.74) is 1.69. The second-order valence-corrected chi connectivity index (χ2v) is 4.90. The molecule has 1 saturated heterocycles. The monoisotopic (exact) mass is 249 g/mol. The molecular formula is C13H19N3O2. The van der Waals surface area contributed by atoms with Gasteiger partial charge in [-0.1, -0.05) is 6.92 Å². The van der Waals surface area contributed by atoms with Crippen LogP contribution in [0, 0.1) is 12.8 Å². The molecule has 1 aromatic rings. The Labute approximate surface area is 107 Å². The number of piperidine rings is 1. The van der Waals surface area contributed by atoms with Crippen LogP contribution in [0.2, 0.25) is 0 Å². The molecule has 2 N–H and O–H groups in total. The first-order valence-electron chi connectivity index (χ1n) is 6.22. The number of β-amino-alcohol motifs (C(OH)–C–C–N with tert-alkyl or cyclic N) is 1. The van der Waals surface area contributed by atoms with Crippen molar-refractivity contribution in [1.29, 1.82) is 0 Å². The van der Waals surface area contributed by atoms with Crippen LogP contribution < -0.4 is 5.32 Å². The molecule has 1 fully saturated rings. The molecule has 2 unspecified atom stereocenters. The van der Waals surface area contributed by atoms with E-state index < -0.39 is 6.10 Å². The zero-order valence-electron chi connectivity index (χ0n) is 10.8. The van der Waals surface area contributed by atoms with Gasteiger partial charge in [-0.25, -0.2) is 4.79 Å². The second-order valence-electron chi connectivity index (χ2n) is 4.90. The highest BCUT2D eigenvalue weighted by atomic mass is 16.3. The SMILES string of the molecule is Cc1cnccc1NC(=O)N1CCC(C)C(O)C1. The van der Waals surface area contributed by atoms with Crippen molar-refractivity contribution >= 4 is 11.7 Å². The summed E-state index contributed by atoms with van der Waals surface area (Å²) in [7, 11) is 0. The number of rotatable bonds is 1. The van der Waals surface area contributed by atoms with Crippen LogP contribution in [-0.4, -0.2) is 40.2 Å². The molecule has 5 nitrogen and oxygen atoms in total. The van der Waals surface area contributed by atoms with Crippen molar-refractivity contribution < 1.29 is 9.90 Å². The summed E-state index contributed by atoms with van der Waals surface area (Å²) in [6, 6.07) is 1.62. The van der Waals surface area contributed by atoms with Gasteiger partial charge in [0, 0.05) is 31.2 Å². The van der Waals surface area contributed by atoms with Crippen LogP contribution >= 0.6 is 0 Å². The van der Waals surface area contributed by atoms with E-state index in [0.717, 1.165) is 17.7 Å². The fourth-order valence-electron chi connectivity index (χ4n) is 2.04. The van der Waals surface area contributed by atoms with Crippen LogP contribution in [0.15, 0.2) is 18.5 Å². The molecule has 2 amide bonds. The molecule has 0 aliphatic carbocycles. The number of hydrogen-bond donors (Lipinski definition) is 2. The van der Waals surface area contributed by atoms with Crippen molar-refractivity contribution in [2.24, 2.45) is 5.92 Å². The van der Waals surface area contributed by atoms with Gasteiger partial charge >= 0.3 is 6.03 Å². The third-order valence-electron chi connectivity index (χ3n) is 3.47. The van der Waals surface area contributed by atoms with Crippen LogP contribution in [-0.2, 0) is 0 Å². The number of anilines is 1. The highest BCUT2D eigenvalue weighted by Gasteiger charge is 2.27. The lowest BCUT2D eigenvalue weighted by Gasteiger charge is -2.34. The lowest BCUT2D eigenvalue weighted by atomic mass is 9.96. The summed E-state index contributed by atoms with van der Waals surface area (Å²) in [6.45, 7) is 4.99. The molecule has 0 spiro atoms. The Morgan fingerprint density at radius 2 is 2.39 bits per heavy atom. The maximum atomic E-state index is 12.1. The smallest absolute Gasteiger partial charge is 0.321 e. The molecule has 18 heavy (non-hydrogen) atoms. The number of aliphatic hydroxyl groups excluding tert-OH is 1. The number of hydrogen-bond acceptors (Lipinski definition) is 3. The molecule has 1 aliphatic heterocycles. The summed E-state index contributed by atoms with van der Waals surface area (Å²) in [4.78, 5) is 17.7. The van der Waals surface area contributed by atoms with Crippen LogP contribution in [0.4, 0.5) is 10.5 Å². The number of urea groups is 1. The molecule has 98 valence electrons. The molecule has 0 aromatic carbocycles. The Morgan fingerprint density at radius 1 is 1.61 bits per heavy atom. The van der Waals surface area contributed by atoms with E-state index in [1.807, 2.05) is 13.8 Å². The number of pyridine rings is 1. The minimum atomic E-state index is -0.428. The van der Waals surface area contributed by atoms with Gasteiger partial charge in [-0.05, 0) is 30.9 Å². The Morgan fingerprint density at radius 3 is 3.06 bits per heavy atom.